The van der Waals surface area contributed by atoms with Gasteiger partial charge in [0, 0.05) is 18.5 Å². The fourth-order valence-electron chi connectivity index (χ4n) is 2.64. The summed E-state index contributed by atoms with van der Waals surface area (Å²) in [6, 6.07) is 15.8. The number of nitrogens with zero attached hydrogens (tertiary/aromatic N) is 2. The van der Waals surface area contributed by atoms with Gasteiger partial charge in [-0.1, -0.05) is 48.2 Å². The van der Waals surface area contributed by atoms with Gasteiger partial charge >= 0.3 is 5.97 Å². The van der Waals surface area contributed by atoms with Crippen LogP contribution in [-0.2, 0) is 5.75 Å². The summed E-state index contributed by atoms with van der Waals surface area (Å²) in [6.45, 7) is 0. The van der Waals surface area contributed by atoms with Crippen LogP contribution in [-0.4, -0.2) is 15.9 Å². The predicted octanol–water partition coefficient (Wildman–Crippen LogP) is 4.09. The van der Waals surface area contributed by atoms with Crippen molar-refractivity contribution in [1.82, 2.24) is 9.97 Å². The first-order valence-corrected chi connectivity index (χ1v) is 9.41. The van der Waals surface area contributed by atoms with Gasteiger partial charge in [0.05, 0.1) is 11.3 Å². The van der Waals surface area contributed by atoms with E-state index in [1.165, 1.54) is 17.8 Å². The van der Waals surface area contributed by atoms with Crippen LogP contribution in [0.4, 0.5) is 0 Å². The summed E-state index contributed by atoms with van der Waals surface area (Å²) in [7, 11) is 0. The van der Waals surface area contributed by atoms with E-state index in [-0.39, 0.29) is 5.75 Å². The molecule has 2 aromatic carbocycles. The Hall–Kier alpha value is -3.45. The van der Waals surface area contributed by atoms with E-state index in [1.807, 2.05) is 30.3 Å². The van der Waals surface area contributed by atoms with Crippen molar-refractivity contribution in [3.63, 3.8) is 0 Å². The Kier molecular flexibility index (Phi) is 5.16. The minimum absolute atomic E-state index is 0.150. The zero-order valence-electron chi connectivity index (χ0n) is 14.6. The standard InChI is InChI=1S/C21H14N2O4S/c24-18-11-15(13-28-21-22-9-4-10-23-21)26-12-19(18)27-20(25)17-8-3-6-14-5-1-2-7-16(14)17/h1-12H,13H2. The highest BCUT2D eigenvalue weighted by Gasteiger charge is 2.15. The molecule has 6 nitrogen and oxygen atoms in total. The summed E-state index contributed by atoms with van der Waals surface area (Å²) < 4.78 is 10.7. The molecule has 2 aromatic heterocycles. The number of rotatable bonds is 5. The summed E-state index contributed by atoms with van der Waals surface area (Å²) in [5, 5.41) is 2.26. The topological polar surface area (TPSA) is 82.3 Å². The van der Waals surface area contributed by atoms with Crippen LogP contribution in [0.15, 0.2) is 87.6 Å². The third-order valence-corrected chi connectivity index (χ3v) is 4.85. The summed E-state index contributed by atoms with van der Waals surface area (Å²) in [5.74, 6) is 0.0653. The molecule has 138 valence electrons. The van der Waals surface area contributed by atoms with E-state index in [1.54, 1.807) is 30.6 Å². The second-order valence-electron chi connectivity index (χ2n) is 5.81. The molecule has 0 bridgehead atoms. The molecule has 0 unspecified atom stereocenters. The molecule has 4 aromatic rings. The molecular weight excluding hydrogens is 376 g/mol. The highest BCUT2D eigenvalue weighted by Crippen LogP contribution is 2.21. The van der Waals surface area contributed by atoms with Gasteiger partial charge < -0.3 is 9.15 Å². The number of carbonyl (C=O) groups is 1. The lowest BCUT2D eigenvalue weighted by Crippen LogP contribution is -2.15. The zero-order chi connectivity index (χ0) is 19.3. The monoisotopic (exact) mass is 390 g/mol. The minimum Gasteiger partial charge on any atom is -0.464 e. The average Bonchev–Trinajstić information content (AvgIpc) is 2.74. The molecule has 0 spiro atoms. The second-order valence-corrected chi connectivity index (χ2v) is 6.75. The second kappa shape index (κ2) is 8.06. The SMILES string of the molecule is O=C(Oc1coc(CSc2ncccn2)cc1=O)c1cccc2ccccc12. The third kappa shape index (κ3) is 3.94. The first-order valence-electron chi connectivity index (χ1n) is 8.42. The number of hydrogen-bond donors (Lipinski definition) is 0. The van der Waals surface area contributed by atoms with Crippen LogP contribution in [0.25, 0.3) is 10.8 Å². The van der Waals surface area contributed by atoms with Crippen LogP contribution in [0.3, 0.4) is 0 Å². The molecule has 0 aliphatic carbocycles. The molecule has 0 saturated carbocycles. The molecule has 0 fully saturated rings. The molecule has 0 saturated heterocycles. The van der Waals surface area contributed by atoms with Crippen molar-refractivity contribution in [1.29, 1.82) is 0 Å². The number of benzene rings is 2. The minimum atomic E-state index is -0.607. The van der Waals surface area contributed by atoms with E-state index >= 15 is 0 Å². The maximum Gasteiger partial charge on any atom is 0.344 e. The van der Waals surface area contributed by atoms with Gasteiger partial charge in [-0.05, 0) is 22.9 Å². The van der Waals surface area contributed by atoms with Crippen LogP contribution >= 0.6 is 11.8 Å². The lowest BCUT2D eigenvalue weighted by atomic mass is 10.1. The predicted molar refractivity (Wildman–Crippen MR) is 105 cm³/mol. The molecule has 0 aliphatic heterocycles. The Morgan fingerprint density at radius 2 is 1.82 bits per heavy atom. The number of thioether (sulfide) groups is 1. The van der Waals surface area contributed by atoms with E-state index in [0.29, 0.717) is 22.2 Å². The van der Waals surface area contributed by atoms with Crippen molar-refractivity contribution in [2.45, 2.75) is 10.9 Å². The van der Waals surface area contributed by atoms with Gasteiger partial charge in [-0.2, -0.15) is 0 Å². The van der Waals surface area contributed by atoms with Crippen molar-refractivity contribution in [2.24, 2.45) is 0 Å². The van der Waals surface area contributed by atoms with Gasteiger partial charge in [-0.15, -0.1) is 0 Å². The van der Waals surface area contributed by atoms with Crippen LogP contribution in [0, 0.1) is 0 Å². The Balaban J connectivity index is 1.50. The molecule has 28 heavy (non-hydrogen) atoms. The number of ether oxygens (including phenoxy) is 1. The van der Waals surface area contributed by atoms with Gasteiger partial charge in [0.2, 0.25) is 11.2 Å². The van der Waals surface area contributed by atoms with Crippen molar-refractivity contribution >= 4 is 28.5 Å². The Labute approximate surface area is 164 Å². The lowest BCUT2D eigenvalue weighted by Gasteiger charge is -2.07. The van der Waals surface area contributed by atoms with Gasteiger partial charge in [-0.25, -0.2) is 14.8 Å². The van der Waals surface area contributed by atoms with Crippen molar-refractivity contribution in [3.8, 4) is 5.75 Å². The summed E-state index contributed by atoms with van der Waals surface area (Å²) in [5.41, 5.74) is -0.0391. The van der Waals surface area contributed by atoms with Gasteiger partial charge in [0.15, 0.2) is 5.16 Å². The molecule has 0 radical (unpaired) electrons. The first-order chi connectivity index (χ1) is 13.7. The van der Waals surface area contributed by atoms with Crippen molar-refractivity contribution < 1.29 is 13.9 Å². The Morgan fingerprint density at radius 1 is 1.04 bits per heavy atom. The van der Waals surface area contributed by atoms with E-state index in [4.69, 9.17) is 9.15 Å². The van der Waals surface area contributed by atoms with Gasteiger partial charge in [-0.3, -0.25) is 4.79 Å². The quantitative estimate of drug-likeness (QED) is 0.288. The van der Waals surface area contributed by atoms with Crippen LogP contribution in [0.5, 0.6) is 5.75 Å². The van der Waals surface area contributed by atoms with Crippen LogP contribution in [0.2, 0.25) is 0 Å². The number of carbonyl (C=O) groups excluding carboxylic acids is 1. The average molecular weight is 390 g/mol. The fourth-order valence-corrected chi connectivity index (χ4v) is 3.34. The van der Waals surface area contributed by atoms with E-state index in [9.17, 15) is 9.59 Å². The Bertz CT molecular complexity index is 1190. The first kappa shape index (κ1) is 17.9. The van der Waals surface area contributed by atoms with Crippen molar-refractivity contribution in [2.75, 3.05) is 0 Å². The van der Waals surface area contributed by atoms with Crippen LogP contribution < -0.4 is 10.2 Å². The molecule has 4 rings (SSSR count). The van der Waals surface area contributed by atoms with E-state index in [2.05, 4.69) is 9.97 Å². The summed E-state index contributed by atoms with van der Waals surface area (Å²) in [6.07, 6.45) is 4.44. The van der Waals surface area contributed by atoms with Crippen molar-refractivity contribution in [3.05, 3.63) is 94.8 Å². The van der Waals surface area contributed by atoms with Crippen LogP contribution in [0.1, 0.15) is 16.1 Å². The molecule has 0 aliphatic rings. The number of hydrogen-bond acceptors (Lipinski definition) is 7. The highest BCUT2D eigenvalue weighted by atomic mass is 32.2. The molecule has 7 heteroatoms. The molecule has 2 heterocycles. The van der Waals surface area contributed by atoms with Gasteiger partial charge in [0.25, 0.3) is 0 Å². The molecule has 0 N–H and O–H groups in total. The Morgan fingerprint density at radius 3 is 2.64 bits per heavy atom. The third-order valence-electron chi connectivity index (χ3n) is 3.95. The number of aromatic nitrogens is 2. The number of fused-ring (bicyclic) bond motifs is 1. The molecular formula is C21H14N2O4S. The van der Waals surface area contributed by atoms with Gasteiger partial charge in [0.1, 0.15) is 12.0 Å². The summed E-state index contributed by atoms with van der Waals surface area (Å²) in [4.78, 5) is 33.0. The normalized spacial score (nSPS) is 10.7. The summed E-state index contributed by atoms with van der Waals surface area (Å²) >= 11 is 1.34. The molecule has 0 amide bonds. The van der Waals surface area contributed by atoms with E-state index < -0.39 is 11.4 Å². The fraction of sp³-hybridized carbons (Fsp3) is 0.0476. The maximum absolute atomic E-state index is 12.6. The lowest BCUT2D eigenvalue weighted by molar-refractivity contribution is 0.0731. The zero-order valence-corrected chi connectivity index (χ0v) is 15.4. The smallest absolute Gasteiger partial charge is 0.344 e. The highest BCUT2D eigenvalue weighted by molar-refractivity contribution is 7.98. The largest absolute Gasteiger partial charge is 0.464 e. The number of esters is 1. The molecule has 0 atom stereocenters. The maximum atomic E-state index is 12.6. The van der Waals surface area contributed by atoms with E-state index in [0.717, 1.165) is 17.0 Å².